The quantitative estimate of drug-likeness (QED) is 0.490. The number of carboxylic acids is 1. The Bertz CT molecular complexity index is 165. The van der Waals surface area contributed by atoms with Crippen LogP contribution in [0.5, 0.6) is 0 Å². The predicted molar refractivity (Wildman–Crippen MR) is 47.0 cm³/mol. The molecule has 0 aromatic heterocycles. The average Bonchev–Trinajstić information content (AvgIpc) is 2.04. The molecule has 0 heterocycles. The van der Waals surface area contributed by atoms with Gasteiger partial charge in [-0.25, -0.2) is 0 Å². The second-order valence-corrected chi connectivity index (χ2v) is 3.02. The molecule has 0 aliphatic heterocycles. The summed E-state index contributed by atoms with van der Waals surface area (Å²) in [5.41, 5.74) is -0.807. The first kappa shape index (κ1) is 11.2. The van der Waals surface area contributed by atoms with Crippen molar-refractivity contribution in [3.05, 3.63) is 12.7 Å². The SMILES string of the molecule is C=CC(C)(CCCOC)C(=O)O. The Labute approximate surface area is 73.0 Å². The van der Waals surface area contributed by atoms with Crippen LogP contribution in [0.4, 0.5) is 0 Å². The summed E-state index contributed by atoms with van der Waals surface area (Å²) in [5, 5.41) is 8.82. The van der Waals surface area contributed by atoms with Gasteiger partial charge in [0.25, 0.3) is 0 Å². The Morgan fingerprint density at radius 2 is 2.33 bits per heavy atom. The molecule has 0 aliphatic rings. The third kappa shape index (κ3) is 3.05. The van der Waals surface area contributed by atoms with E-state index in [-0.39, 0.29) is 0 Å². The monoisotopic (exact) mass is 172 g/mol. The number of rotatable bonds is 6. The van der Waals surface area contributed by atoms with Gasteiger partial charge in [0.2, 0.25) is 0 Å². The largest absolute Gasteiger partial charge is 0.481 e. The molecule has 0 bridgehead atoms. The highest BCUT2D eigenvalue weighted by Crippen LogP contribution is 2.24. The molecule has 1 unspecified atom stereocenters. The molecule has 70 valence electrons. The zero-order chi connectivity index (χ0) is 9.61. The topological polar surface area (TPSA) is 46.5 Å². The summed E-state index contributed by atoms with van der Waals surface area (Å²) in [6, 6.07) is 0. The average molecular weight is 172 g/mol. The molecule has 12 heavy (non-hydrogen) atoms. The van der Waals surface area contributed by atoms with Crippen molar-refractivity contribution in [3.63, 3.8) is 0 Å². The maximum Gasteiger partial charge on any atom is 0.313 e. The summed E-state index contributed by atoms with van der Waals surface area (Å²) < 4.78 is 4.83. The summed E-state index contributed by atoms with van der Waals surface area (Å²) in [5.74, 6) is -0.825. The number of hydrogen-bond donors (Lipinski definition) is 1. The van der Waals surface area contributed by atoms with Crippen LogP contribution in [0.15, 0.2) is 12.7 Å². The first-order valence-electron chi connectivity index (χ1n) is 3.93. The van der Waals surface area contributed by atoms with Gasteiger partial charge in [-0.2, -0.15) is 0 Å². The lowest BCUT2D eigenvalue weighted by atomic mass is 9.86. The van der Waals surface area contributed by atoms with Crippen LogP contribution in [0.25, 0.3) is 0 Å². The van der Waals surface area contributed by atoms with E-state index in [1.54, 1.807) is 14.0 Å². The molecule has 0 saturated heterocycles. The van der Waals surface area contributed by atoms with Crippen LogP contribution in [-0.2, 0) is 9.53 Å². The van der Waals surface area contributed by atoms with E-state index >= 15 is 0 Å². The Hall–Kier alpha value is -0.830. The minimum atomic E-state index is -0.825. The normalized spacial score (nSPS) is 15.2. The first-order chi connectivity index (χ1) is 5.56. The summed E-state index contributed by atoms with van der Waals surface area (Å²) in [6.07, 6.45) is 2.79. The summed E-state index contributed by atoms with van der Waals surface area (Å²) in [4.78, 5) is 10.7. The van der Waals surface area contributed by atoms with E-state index in [1.165, 1.54) is 6.08 Å². The number of carboxylic acid groups (broad SMARTS) is 1. The van der Waals surface area contributed by atoms with E-state index in [0.29, 0.717) is 13.0 Å². The minimum Gasteiger partial charge on any atom is -0.481 e. The van der Waals surface area contributed by atoms with Gasteiger partial charge in [0.1, 0.15) is 0 Å². The van der Waals surface area contributed by atoms with Crippen molar-refractivity contribution >= 4 is 5.97 Å². The number of ether oxygens (including phenoxy) is 1. The molecule has 0 aliphatic carbocycles. The second-order valence-electron chi connectivity index (χ2n) is 3.02. The standard InChI is InChI=1S/C9H16O3/c1-4-9(2,8(10)11)6-5-7-12-3/h4H,1,5-7H2,2-3H3,(H,10,11). The Kier molecular flexibility index (Phi) is 4.59. The van der Waals surface area contributed by atoms with Crippen molar-refractivity contribution in [2.24, 2.45) is 5.41 Å². The van der Waals surface area contributed by atoms with Crippen LogP contribution < -0.4 is 0 Å². The summed E-state index contributed by atoms with van der Waals surface area (Å²) in [6.45, 7) is 5.77. The fourth-order valence-electron chi connectivity index (χ4n) is 0.880. The molecule has 0 fully saturated rings. The Morgan fingerprint density at radius 3 is 2.67 bits per heavy atom. The molecule has 0 aromatic rings. The molecule has 1 N–H and O–H groups in total. The highest BCUT2D eigenvalue weighted by Gasteiger charge is 2.28. The maximum absolute atomic E-state index is 10.7. The van der Waals surface area contributed by atoms with Crippen molar-refractivity contribution < 1.29 is 14.6 Å². The molecule has 0 aromatic carbocycles. The fraction of sp³-hybridized carbons (Fsp3) is 0.667. The number of hydrogen-bond acceptors (Lipinski definition) is 2. The van der Waals surface area contributed by atoms with Crippen LogP contribution in [0.3, 0.4) is 0 Å². The lowest BCUT2D eigenvalue weighted by Crippen LogP contribution is -2.25. The predicted octanol–water partition coefficient (Wildman–Crippen LogP) is 1.69. The molecular formula is C9H16O3. The van der Waals surface area contributed by atoms with Gasteiger partial charge in [-0.3, -0.25) is 4.79 Å². The van der Waals surface area contributed by atoms with Crippen LogP contribution >= 0.6 is 0 Å². The number of methoxy groups -OCH3 is 1. The number of aliphatic carboxylic acids is 1. The van der Waals surface area contributed by atoms with Gasteiger partial charge in [-0.1, -0.05) is 6.08 Å². The zero-order valence-electron chi connectivity index (χ0n) is 7.67. The van der Waals surface area contributed by atoms with Crippen LogP contribution in [-0.4, -0.2) is 24.8 Å². The first-order valence-corrected chi connectivity index (χ1v) is 3.93. The molecule has 3 heteroatoms. The highest BCUT2D eigenvalue weighted by atomic mass is 16.5. The van der Waals surface area contributed by atoms with Crippen LogP contribution in [0, 0.1) is 5.41 Å². The van der Waals surface area contributed by atoms with E-state index in [1.807, 2.05) is 0 Å². The van der Waals surface area contributed by atoms with Gasteiger partial charge >= 0.3 is 5.97 Å². The van der Waals surface area contributed by atoms with Gasteiger partial charge in [0, 0.05) is 13.7 Å². The van der Waals surface area contributed by atoms with Crippen LogP contribution in [0.1, 0.15) is 19.8 Å². The van der Waals surface area contributed by atoms with E-state index in [4.69, 9.17) is 9.84 Å². The summed E-state index contributed by atoms with van der Waals surface area (Å²) >= 11 is 0. The fourth-order valence-corrected chi connectivity index (χ4v) is 0.880. The Balaban J connectivity index is 3.97. The van der Waals surface area contributed by atoms with Gasteiger partial charge in [0.05, 0.1) is 5.41 Å². The van der Waals surface area contributed by atoms with Gasteiger partial charge in [0.15, 0.2) is 0 Å². The second kappa shape index (κ2) is 4.93. The van der Waals surface area contributed by atoms with E-state index in [9.17, 15) is 4.79 Å². The number of carbonyl (C=O) groups is 1. The molecule has 0 saturated carbocycles. The van der Waals surface area contributed by atoms with E-state index in [0.717, 1.165) is 6.42 Å². The van der Waals surface area contributed by atoms with Crippen molar-refractivity contribution in [1.82, 2.24) is 0 Å². The third-order valence-electron chi connectivity index (χ3n) is 1.98. The minimum absolute atomic E-state index is 0.569. The molecule has 0 rings (SSSR count). The molecule has 0 amide bonds. The van der Waals surface area contributed by atoms with E-state index in [2.05, 4.69) is 6.58 Å². The molecule has 0 radical (unpaired) electrons. The van der Waals surface area contributed by atoms with Gasteiger partial charge in [-0.05, 0) is 19.8 Å². The Morgan fingerprint density at radius 1 is 1.75 bits per heavy atom. The third-order valence-corrected chi connectivity index (χ3v) is 1.98. The van der Waals surface area contributed by atoms with Crippen molar-refractivity contribution in [3.8, 4) is 0 Å². The summed E-state index contributed by atoms with van der Waals surface area (Å²) in [7, 11) is 1.60. The smallest absolute Gasteiger partial charge is 0.313 e. The highest BCUT2D eigenvalue weighted by molar-refractivity contribution is 5.76. The molecular weight excluding hydrogens is 156 g/mol. The molecule has 1 atom stereocenters. The lowest BCUT2D eigenvalue weighted by Gasteiger charge is -2.19. The van der Waals surface area contributed by atoms with Crippen LogP contribution in [0.2, 0.25) is 0 Å². The molecule has 3 nitrogen and oxygen atoms in total. The van der Waals surface area contributed by atoms with Crippen molar-refractivity contribution in [1.29, 1.82) is 0 Å². The van der Waals surface area contributed by atoms with Crippen molar-refractivity contribution in [2.45, 2.75) is 19.8 Å². The van der Waals surface area contributed by atoms with Crippen molar-refractivity contribution in [2.75, 3.05) is 13.7 Å². The van der Waals surface area contributed by atoms with Gasteiger partial charge in [-0.15, -0.1) is 6.58 Å². The maximum atomic E-state index is 10.7. The zero-order valence-corrected chi connectivity index (χ0v) is 7.67. The molecule has 0 spiro atoms. The lowest BCUT2D eigenvalue weighted by molar-refractivity contribution is -0.145. The van der Waals surface area contributed by atoms with E-state index < -0.39 is 11.4 Å². The van der Waals surface area contributed by atoms with Gasteiger partial charge < -0.3 is 9.84 Å².